The summed E-state index contributed by atoms with van der Waals surface area (Å²) in [7, 11) is 0. The molecule has 3 heteroatoms. The number of hydrogen-bond acceptors (Lipinski definition) is 2. The van der Waals surface area contributed by atoms with E-state index in [1.807, 2.05) is 55.5 Å². The van der Waals surface area contributed by atoms with Crippen LogP contribution in [0.1, 0.15) is 12.5 Å². The fourth-order valence-corrected chi connectivity index (χ4v) is 1.86. The Bertz CT molecular complexity index is 624. The van der Waals surface area contributed by atoms with Crippen molar-refractivity contribution in [2.24, 2.45) is 0 Å². The predicted octanol–water partition coefficient (Wildman–Crippen LogP) is 4.39. The first-order valence-corrected chi connectivity index (χ1v) is 6.24. The summed E-state index contributed by atoms with van der Waals surface area (Å²) in [6.07, 6.45) is 6.74. The first kappa shape index (κ1) is 15.7. The van der Waals surface area contributed by atoms with Crippen LogP contribution in [0.15, 0.2) is 66.8 Å². The van der Waals surface area contributed by atoms with Crippen molar-refractivity contribution in [3.05, 3.63) is 72.3 Å². The number of benzene rings is 2. The van der Waals surface area contributed by atoms with Gasteiger partial charge in [-0.25, -0.2) is 4.79 Å². The van der Waals surface area contributed by atoms with Gasteiger partial charge in [0.2, 0.25) is 0 Å². The number of fused-ring (bicyclic) bond motifs is 1. The molecule has 2 aromatic rings. The van der Waals surface area contributed by atoms with Crippen LogP contribution in [-0.2, 0) is 16.1 Å². The smallest absolute Gasteiger partial charge is 0.331 e. The molecule has 0 heterocycles. The van der Waals surface area contributed by atoms with Crippen LogP contribution in [0.2, 0.25) is 0 Å². The van der Waals surface area contributed by atoms with E-state index < -0.39 is 0 Å². The molecule has 0 aromatic heterocycles. The Hall–Kier alpha value is -2.39. The maximum absolute atomic E-state index is 11.5. The maximum Gasteiger partial charge on any atom is 0.331 e. The molecular weight excluding hydrogens is 250 g/mol. The molecule has 0 spiro atoms. The van der Waals surface area contributed by atoms with Gasteiger partial charge in [0.15, 0.2) is 0 Å². The third-order valence-corrected chi connectivity index (χ3v) is 2.79. The van der Waals surface area contributed by atoms with Gasteiger partial charge in [-0.1, -0.05) is 60.7 Å². The average Bonchev–Trinajstić information content (AvgIpc) is 2.45. The van der Waals surface area contributed by atoms with E-state index in [-0.39, 0.29) is 12.1 Å². The number of carbonyl (C=O) groups is 1. The molecule has 0 amide bonds. The number of ether oxygens (including phenoxy) is 1. The van der Waals surface area contributed by atoms with Crippen LogP contribution < -0.4 is 6.15 Å². The molecule has 0 atom stereocenters. The van der Waals surface area contributed by atoms with E-state index >= 15 is 0 Å². The maximum atomic E-state index is 11.5. The minimum atomic E-state index is -0.328. The lowest BCUT2D eigenvalue weighted by Crippen LogP contribution is -2.01. The molecule has 0 fully saturated rings. The van der Waals surface area contributed by atoms with Crippen molar-refractivity contribution >= 4 is 16.7 Å². The fraction of sp³-hybridized carbons (Fsp3) is 0.118. The number of rotatable bonds is 4. The Morgan fingerprint density at radius 3 is 2.65 bits per heavy atom. The monoisotopic (exact) mass is 270 g/mol. The standard InChI is InChI=1S/C17H16O2.H3N/c1-2-3-4-12-17(18)19-13-15-10-7-9-14-8-5-6-11-16(14)15;/h2-12H,13H2,1H3;1H3/p+1/b3-2+,12-4+;. The molecular formula is C17H20NO2+. The molecule has 0 aliphatic rings. The van der Waals surface area contributed by atoms with Gasteiger partial charge >= 0.3 is 5.97 Å². The first-order valence-electron chi connectivity index (χ1n) is 6.24. The molecule has 20 heavy (non-hydrogen) atoms. The van der Waals surface area contributed by atoms with E-state index in [9.17, 15) is 4.79 Å². The highest BCUT2D eigenvalue weighted by Gasteiger charge is 2.02. The van der Waals surface area contributed by atoms with Gasteiger partial charge in [0.1, 0.15) is 6.61 Å². The zero-order valence-corrected chi connectivity index (χ0v) is 11.9. The lowest BCUT2D eigenvalue weighted by atomic mass is 10.1. The zero-order valence-electron chi connectivity index (χ0n) is 11.9. The Morgan fingerprint density at radius 1 is 1.10 bits per heavy atom. The van der Waals surface area contributed by atoms with E-state index in [0.717, 1.165) is 16.3 Å². The number of quaternary nitrogens is 1. The predicted molar refractivity (Wildman–Crippen MR) is 83.7 cm³/mol. The summed E-state index contributed by atoms with van der Waals surface area (Å²) in [6, 6.07) is 14.1. The van der Waals surface area contributed by atoms with Gasteiger partial charge in [0, 0.05) is 6.08 Å². The molecule has 0 aliphatic carbocycles. The molecule has 0 aliphatic heterocycles. The quantitative estimate of drug-likeness (QED) is 0.508. The summed E-state index contributed by atoms with van der Waals surface area (Å²) < 4.78 is 5.22. The van der Waals surface area contributed by atoms with Crippen molar-refractivity contribution in [3.63, 3.8) is 0 Å². The highest BCUT2D eigenvalue weighted by molar-refractivity contribution is 5.86. The fourth-order valence-electron chi connectivity index (χ4n) is 1.86. The van der Waals surface area contributed by atoms with Crippen LogP contribution in [-0.4, -0.2) is 5.97 Å². The second-order valence-corrected chi connectivity index (χ2v) is 4.13. The summed E-state index contributed by atoms with van der Waals surface area (Å²) >= 11 is 0. The van der Waals surface area contributed by atoms with Gasteiger partial charge in [0.25, 0.3) is 0 Å². The summed E-state index contributed by atoms with van der Waals surface area (Å²) in [4.78, 5) is 11.5. The Balaban J connectivity index is 0.00000200. The Labute approximate surface area is 119 Å². The van der Waals surface area contributed by atoms with Gasteiger partial charge in [-0.3, -0.25) is 0 Å². The second-order valence-electron chi connectivity index (χ2n) is 4.13. The van der Waals surface area contributed by atoms with E-state index in [4.69, 9.17) is 4.74 Å². The topological polar surface area (TPSA) is 62.8 Å². The lowest BCUT2D eigenvalue weighted by Gasteiger charge is -2.06. The minimum absolute atomic E-state index is 0. The summed E-state index contributed by atoms with van der Waals surface area (Å²) in [5.74, 6) is -0.328. The van der Waals surface area contributed by atoms with Crippen molar-refractivity contribution < 1.29 is 9.53 Å². The van der Waals surface area contributed by atoms with Crippen LogP contribution in [0.5, 0.6) is 0 Å². The van der Waals surface area contributed by atoms with Crippen LogP contribution >= 0.6 is 0 Å². The molecule has 0 bridgehead atoms. The highest BCUT2D eigenvalue weighted by Crippen LogP contribution is 2.19. The van der Waals surface area contributed by atoms with Gasteiger partial charge in [-0.05, 0) is 23.3 Å². The van der Waals surface area contributed by atoms with Crippen LogP contribution in [0.3, 0.4) is 0 Å². The number of allylic oxidation sites excluding steroid dienone is 3. The lowest BCUT2D eigenvalue weighted by molar-refractivity contribution is -0.138. The molecule has 4 N–H and O–H groups in total. The second kappa shape index (κ2) is 7.92. The third-order valence-electron chi connectivity index (χ3n) is 2.79. The summed E-state index contributed by atoms with van der Waals surface area (Å²) in [5.41, 5.74) is 1.02. The number of esters is 1. The Kier molecular flexibility index (Phi) is 6.20. The summed E-state index contributed by atoms with van der Waals surface area (Å²) in [6.45, 7) is 2.19. The minimum Gasteiger partial charge on any atom is -0.458 e. The normalized spacial score (nSPS) is 10.8. The van der Waals surface area contributed by atoms with E-state index in [0.29, 0.717) is 6.61 Å². The van der Waals surface area contributed by atoms with E-state index in [1.54, 1.807) is 12.2 Å². The molecule has 0 saturated heterocycles. The van der Waals surface area contributed by atoms with E-state index in [2.05, 4.69) is 0 Å². The van der Waals surface area contributed by atoms with Crippen molar-refractivity contribution in [1.29, 1.82) is 0 Å². The van der Waals surface area contributed by atoms with Crippen LogP contribution in [0.4, 0.5) is 0 Å². The molecule has 0 saturated carbocycles. The third kappa shape index (κ3) is 4.07. The van der Waals surface area contributed by atoms with Crippen molar-refractivity contribution in [1.82, 2.24) is 6.15 Å². The molecule has 2 rings (SSSR count). The van der Waals surface area contributed by atoms with Crippen molar-refractivity contribution in [3.8, 4) is 0 Å². The highest BCUT2D eigenvalue weighted by atomic mass is 16.5. The average molecular weight is 270 g/mol. The molecule has 104 valence electrons. The van der Waals surface area contributed by atoms with Gasteiger partial charge in [-0.15, -0.1) is 0 Å². The van der Waals surface area contributed by atoms with Crippen molar-refractivity contribution in [2.75, 3.05) is 0 Å². The SMILES string of the molecule is C/C=C/C=C/C(=O)OCc1cccc2ccccc12.[NH4+]. The van der Waals surface area contributed by atoms with Gasteiger partial charge in [0.05, 0.1) is 0 Å². The molecule has 2 aromatic carbocycles. The molecule has 3 nitrogen and oxygen atoms in total. The van der Waals surface area contributed by atoms with Crippen LogP contribution in [0.25, 0.3) is 10.8 Å². The van der Waals surface area contributed by atoms with E-state index in [1.165, 1.54) is 6.08 Å². The van der Waals surface area contributed by atoms with Gasteiger partial charge < -0.3 is 10.9 Å². The number of carbonyl (C=O) groups excluding carboxylic acids is 1. The molecule has 0 radical (unpaired) electrons. The summed E-state index contributed by atoms with van der Waals surface area (Å²) in [5, 5.41) is 2.27. The first-order chi connectivity index (χ1) is 9.31. The zero-order chi connectivity index (χ0) is 13.5. The molecule has 0 unspecified atom stereocenters. The van der Waals surface area contributed by atoms with Crippen molar-refractivity contribution in [2.45, 2.75) is 13.5 Å². The Morgan fingerprint density at radius 2 is 1.85 bits per heavy atom. The number of hydrogen-bond donors (Lipinski definition) is 1. The van der Waals surface area contributed by atoms with Gasteiger partial charge in [-0.2, -0.15) is 0 Å². The van der Waals surface area contributed by atoms with Crippen LogP contribution in [0, 0.1) is 0 Å². The largest absolute Gasteiger partial charge is 0.458 e.